The molecular formula is C24H41N3O6. The van der Waals surface area contributed by atoms with Gasteiger partial charge in [-0.15, -0.1) is 0 Å². The van der Waals surface area contributed by atoms with E-state index >= 15 is 0 Å². The average Bonchev–Trinajstić information content (AvgIpc) is 3.21. The van der Waals surface area contributed by atoms with Crippen molar-refractivity contribution < 1.29 is 29.3 Å². The standard InChI is InChI=1S/C24H41N3O6/c1-5-25-22(32)33-20-8-10-23(3)17(18(30)6-7-19(23)24(20,4)14-28)12-21(31)27-11-9-16(13-27)26-15(2)29/h16-20,28,30H,5-14H2,1-4H3,(H,25,32)(H,26,29). The van der Waals surface area contributed by atoms with Crippen LogP contribution >= 0.6 is 0 Å². The molecule has 4 N–H and O–H groups in total. The van der Waals surface area contributed by atoms with Crippen molar-refractivity contribution >= 4 is 17.9 Å². The maximum atomic E-state index is 13.2. The molecule has 7 unspecified atom stereocenters. The fourth-order valence-corrected chi connectivity index (χ4v) is 6.80. The van der Waals surface area contributed by atoms with E-state index < -0.39 is 23.7 Å². The van der Waals surface area contributed by atoms with Crippen LogP contribution in [0.5, 0.6) is 0 Å². The monoisotopic (exact) mass is 467 g/mol. The second-order valence-electron chi connectivity index (χ2n) is 10.7. The van der Waals surface area contributed by atoms with Crippen LogP contribution in [-0.4, -0.2) is 77.5 Å². The van der Waals surface area contributed by atoms with Gasteiger partial charge in [0, 0.05) is 44.4 Å². The summed E-state index contributed by atoms with van der Waals surface area (Å²) in [6.45, 7) is 8.84. The minimum atomic E-state index is -0.649. The van der Waals surface area contributed by atoms with Gasteiger partial charge in [-0.2, -0.15) is 0 Å². The number of aliphatic hydroxyl groups is 2. The van der Waals surface area contributed by atoms with Crippen LogP contribution in [0.1, 0.15) is 66.2 Å². The lowest BCUT2D eigenvalue weighted by Gasteiger charge is -2.60. The van der Waals surface area contributed by atoms with E-state index in [9.17, 15) is 24.6 Å². The molecule has 9 heteroatoms. The van der Waals surface area contributed by atoms with Crippen molar-refractivity contribution in [1.82, 2.24) is 15.5 Å². The van der Waals surface area contributed by atoms with Gasteiger partial charge in [0.25, 0.3) is 0 Å². The largest absolute Gasteiger partial charge is 0.446 e. The molecule has 2 saturated carbocycles. The number of carbonyl (C=O) groups is 3. The van der Waals surface area contributed by atoms with Gasteiger partial charge >= 0.3 is 6.09 Å². The van der Waals surface area contributed by atoms with Crippen LogP contribution in [0.3, 0.4) is 0 Å². The summed E-state index contributed by atoms with van der Waals surface area (Å²) >= 11 is 0. The van der Waals surface area contributed by atoms with Gasteiger partial charge in [0.2, 0.25) is 11.8 Å². The van der Waals surface area contributed by atoms with Crippen LogP contribution in [-0.2, 0) is 14.3 Å². The Hall–Kier alpha value is -1.87. The molecule has 188 valence electrons. The molecule has 0 aromatic heterocycles. The predicted molar refractivity (Wildman–Crippen MR) is 122 cm³/mol. The van der Waals surface area contributed by atoms with Crippen LogP contribution < -0.4 is 10.6 Å². The maximum Gasteiger partial charge on any atom is 0.407 e. The highest BCUT2D eigenvalue weighted by Crippen LogP contribution is 2.61. The molecule has 0 spiro atoms. The molecule has 1 aliphatic heterocycles. The smallest absolute Gasteiger partial charge is 0.407 e. The van der Waals surface area contributed by atoms with Crippen molar-refractivity contribution in [3.8, 4) is 0 Å². The minimum absolute atomic E-state index is 0.000163. The molecule has 0 radical (unpaired) electrons. The highest BCUT2D eigenvalue weighted by Gasteiger charge is 2.60. The van der Waals surface area contributed by atoms with Gasteiger partial charge in [0.1, 0.15) is 6.10 Å². The molecule has 3 amide bonds. The summed E-state index contributed by atoms with van der Waals surface area (Å²) in [7, 11) is 0. The molecule has 2 aliphatic carbocycles. The maximum absolute atomic E-state index is 13.2. The zero-order valence-corrected chi connectivity index (χ0v) is 20.4. The van der Waals surface area contributed by atoms with Gasteiger partial charge in [-0.05, 0) is 56.3 Å². The third-order valence-corrected chi connectivity index (χ3v) is 8.59. The van der Waals surface area contributed by atoms with Gasteiger partial charge < -0.3 is 30.5 Å². The molecule has 1 heterocycles. The van der Waals surface area contributed by atoms with E-state index in [0.717, 1.165) is 6.42 Å². The number of alkyl carbamates (subject to hydrolysis) is 1. The normalized spacial score (nSPS) is 38.4. The summed E-state index contributed by atoms with van der Waals surface area (Å²) in [5.74, 6) is -0.322. The third-order valence-electron chi connectivity index (χ3n) is 8.59. The molecule has 9 nitrogen and oxygen atoms in total. The number of aliphatic hydroxyl groups excluding tert-OH is 2. The summed E-state index contributed by atoms with van der Waals surface area (Å²) in [4.78, 5) is 38.5. The summed E-state index contributed by atoms with van der Waals surface area (Å²) in [6, 6.07) is -0.0226. The quantitative estimate of drug-likeness (QED) is 0.468. The Kier molecular flexibility index (Phi) is 7.94. The van der Waals surface area contributed by atoms with Gasteiger partial charge in [-0.25, -0.2) is 4.79 Å². The van der Waals surface area contributed by atoms with Crippen molar-refractivity contribution in [3.63, 3.8) is 0 Å². The Labute approximate surface area is 196 Å². The molecular weight excluding hydrogens is 426 g/mol. The van der Waals surface area contributed by atoms with Crippen LogP contribution in [0.25, 0.3) is 0 Å². The number of fused-ring (bicyclic) bond motifs is 1. The van der Waals surface area contributed by atoms with Crippen LogP contribution in [0, 0.1) is 22.7 Å². The Bertz CT molecular complexity index is 748. The Morgan fingerprint density at radius 3 is 2.52 bits per heavy atom. The van der Waals surface area contributed by atoms with Crippen LogP contribution in [0.4, 0.5) is 4.79 Å². The molecule has 3 fully saturated rings. The van der Waals surface area contributed by atoms with Crippen molar-refractivity contribution in [1.29, 1.82) is 0 Å². The number of likely N-dealkylation sites (tertiary alicyclic amines) is 1. The van der Waals surface area contributed by atoms with Gasteiger partial charge in [-0.1, -0.05) is 13.8 Å². The van der Waals surface area contributed by atoms with Crippen molar-refractivity contribution in [3.05, 3.63) is 0 Å². The summed E-state index contributed by atoms with van der Waals surface area (Å²) in [6.07, 6.45) is 2.04. The predicted octanol–water partition coefficient (Wildman–Crippen LogP) is 1.41. The molecule has 3 aliphatic rings. The molecule has 0 aromatic carbocycles. The molecule has 3 rings (SSSR count). The second-order valence-corrected chi connectivity index (χ2v) is 10.7. The first-order chi connectivity index (χ1) is 15.5. The fourth-order valence-electron chi connectivity index (χ4n) is 6.80. The number of rotatable bonds is 6. The molecule has 1 saturated heterocycles. The number of nitrogens with zero attached hydrogens (tertiary/aromatic N) is 1. The SMILES string of the molecule is CCNC(=O)OC1CCC2(C)C(CC(=O)N3CCC(NC(C)=O)C3)C(O)CCC2C1(C)CO. The highest BCUT2D eigenvalue weighted by atomic mass is 16.6. The summed E-state index contributed by atoms with van der Waals surface area (Å²) in [5, 5.41) is 27.0. The van der Waals surface area contributed by atoms with Crippen LogP contribution in [0.2, 0.25) is 0 Å². The van der Waals surface area contributed by atoms with Gasteiger partial charge in [0.05, 0.1) is 12.7 Å². The summed E-state index contributed by atoms with van der Waals surface area (Å²) < 4.78 is 5.72. The van der Waals surface area contributed by atoms with E-state index in [2.05, 4.69) is 17.6 Å². The van der Waals surface area contributed by atoms with Crippen molar-refractivity contribution in [2.75, 3.05) is 26.2 Å². The van der Waals surface area contributed by atoms with E-state index in [-0.39, 0.29) is 48.1 Å². The van der Waals surface area contributed by atoms with Gasteiger partial charge in [-0.3, -0.25) is 9.59 Å². The Morgan fingerprint density at radius 2 is 1.88 bits per heavy atom. The number of nitrogens with one attached hydrogen (secondary N) is 2. The van der Waals surface area contributed by atoms with E-state index in [1.54, 1.807) is 4.90 Å². The molecule has 0 aromatic rings. The van der Waals surface area contributed by atoms with Gasteiger partial charge in [0.15, 0.2) is 0 Å². The first-order valence-corrected chi connectivity index (χ1v) is 12.3. The van der Waals surface area contributed by atoms with Crippen LogP contribution in [0.15, 0.2) is 0 Å². The van der Waals surface area contributed by atoms with E-state index in [1.165, 1.54) is 6.92 Å². The molecule has 33 heavy (non-hydrogen) atoms. The molecule has 0 bridgehead atoms. The fraction of sp³-hybridized carbons (Fsp3) is 0.875. The Morgan fingerprint density at radius 1 is 1.15 bits per heavy atom. The number of carbonyl (C=O) groups excluding carboxylic acids is 3. The summed E-state index contributed by atoms with van der Waals surface area (Å²) in [5.41, 5.74) is -1.01. The minimum Gasteiger partial charge on any atom is -0.446 e. The first-order valence-electron chi connectivity index (χ1n) is 12.3. The number of ether oxygens (including phenoxy) is 1. The first kappa shape index (κ1) is 25.7. The lowest BCUT2D eigenvalue weighted by molar-refractivity contribution is -0.187. The second kappa shape index (κ2) is 10.2. The number of amides is 3. The van der Waals surface area contributed by atoms with E-state index in [4.69, 9.17) is 4.74 Å². The zero-order chi connectivity index (χ0) is 24.4. The highest BCUT2D eigenvalue weighted by molar-refractivity contribution is 5.77. The number of hydrogen-bond acceptors (Lipinski definition) is 6. The lowest BCUT2D eigenvalue weighted by Crippen LogP contribution is -2.61. The van der Waals surface area contributed by atoms with E-state index in [1.807, 2.05) is 13.8 Å². The lowest BCUT2D eigenvalue weighted by atomic mass is 9.46. The Balaban J connectivity index is 1.75. The van der Waals surface area contributed by atoms with Crippen molar-refractivity contribution in [2.45, 2.75) is 84.5 Å². The van der Waals surface area contributed by atoms with Crippen molar-refractivity contribution in [2.24, 2.45) is 22.7 Å². The average molecular weight is 468 g/mol. The third kappa shape index (κ3) is 5.14. The topological polar surface area (TPSA) is 128 Å². The van der Waals surface area contributed by atoms with E-state index in [0.29, 0.717) is 45.3 Å². The number of hydrogen-bond donors (Lipinski definition) is 4. The molecule has 7 atom stereocenters. The zero-order valence-electron chi connectivity index (χ0n) is 20.4.